The number of benzene rings is 2. The molecule has 8 heteroatoms. The molecule has 35 heavy (non-hydrogen) atoms. The van der Waals surface area contributed by atoms with E-state index in [0.29, 0.717) is 11.1 Å². The van der Waals surface area contributed by atoms with Crippen molar-refractivity contribution in [3.63, 3.8) is 0 Å². The number of carbonyl (C=O) groups excluding carboxylic acids is 1. The third-order valence-corrected chi connectivity index (χ3v) is 6.93. The predicted octanol–water partition coefficient (Wildman–Crippen LogP) is 4.17. The molecule has 176 valence electrons. The van der Waals surface area contributed by atoms with Gasteiger partial charge in [0.1, 0.15) is 11.0 Å². The van der Waals surface area contributed by atoms with E-state index in [1.54, 1.807) is 25.3 Å². The number of carbonyl (C=O) groups is 1. The second-order valence-corrected chi connectivity index (χ2v) is 9.56. The van der Waals surface area contributed by atoms with Crippen LogP contribution in [-0.2, 0) is 13.0 Å². The lowest BCUT2D eigenvalue weighted by Gasteiger charge is -2.27. The maximum Gasteiger partial charge on any atom is 0.255 e. The highest BCUT2D eigenvalue weighted by Crippen LogP contribution is 2.34. The van der Waals surface area contributed by atoms with Crippen LogP contribution in [0.5, 0.6) is 0 Å². The normalized spacial score (nSPS) is 13.9. The number of H-pyrrole nitrogens is 2. The second kappa shape index (κ2) is 8.02. The molecule has 2 aromatic carbocycles. The van der Waals surface area contributed by atoms with E-state index in [-0.39, 0.29) is 5.91 Å². The molecular formula is C27H27N7O. The molecule has 4 heterocycles. The predicted molar refractivity (Wildman–Crippen MR) is 137 cm³/mol. The van der Waals surface area contributed by atoms with E-state index >= 15 is 0 Å². The maximum absolute atomic E-state index is 12.7. The zero-order valence-electron chi connectivity index (χ0n) is 20.3. The van der Waals surface area contributed by atoms with Crippen molar-refractivity contribution in [2.45, 2.75) is 19.9 Å². The zero-order chi connectivity index (χ0) is 24.3. The van der Waals surface area contributed by atoms with Gasteiger partial charge in [0.25, 0.3) is 5.91 Å². The average molecular weight is 466 g/mol. The summed E-state index contributed by atoms with van der Waals surface area (Å²) >= 11 is 0. The highest BCUT2D eigenvalue weighted by atomic mass is 16.2. The molecule has 0 aliphatic carbocycles. The van der Waals surface area contributed by atoms with Crippen molar-refractivity contribution in [2.75, 3.05) is 27.7 Å². The lowest BCUT2D eigenvalue weighted by Crippen LogP contribution is -2.27. The Morgan fingerprint density at radius 2 is 1.94 bits per heavy atom. The van der Waals surface area contributed by atoms with Gasteiger partial charge in [0, 0.05) is 50.1 Å². The number of rotatable bonds is 3. The first-order chi connectivity index (χ1) is 16.9. The lowest BCUT2D eigenvalue weighted by atomic mass is 9.92. The minimum atomic E-state index is -0.0805. The van der Waals surface area contributed by atoms with Gasteiger partial charge in [-0.3, -0.25) is 4.79 Å². The quantitative estimate of drug-likeness (QED) is 0.417. The largest absolute Gasteiger partial charge is 0.345 e. The van der Waals surface area contributed by atoms with Gasteiger partial charge < -0.3 is 19.8 Å². The first kappa shape index (κ1) is 21.5. The standard InChI is InChI=1S/C27H27N7O/c1-15-9-16(10-17-13-34(4)8-7-18(15)17)22-12-29-26-25(32-22)21(11-28-26)19-5-6-20(27(35)33(2)3)24-23(19)30-14-31-24/h5-6,9-12,14H,7-8,13H2,1-4H3,(H,28,29)(H,30,31). The van der Waals surface area contributed by atoms with Gasteiger partial charge in [-0.2, -0.15) is 0 Å². The molecule has 2 N–H and O–H groups in total. The molecule has 1 aliphatic rings. The van der Waals surface area contributed by atoms with Gasteiger partial charge in [0.05, 0.1) is 29.3 Å². The van der Waals surface area contributed by atoms with Gasteiger partial charge in [0.2, 0.25) is 0 Å². The van der Waals surface area contributed by atoms with Crippen molar-refractivity contribution in [3.05, 3.63) is 65.2 Å². The van der Waals surface area contributed by atoms with Gasteiger partial charge >= 0.3 is 0 Å². The SMILES string of the molecule is Cc1cc(-c2cnc3[nH]cc(-c4ccc(C(=O)N(C)C)c5nc[nH]c45)c3n2)cc2c1CCN(C)C2. The molecule has 0 unspecified atom stereocenters. The van der Waals surface area contributed by atoms with Crippen LogP contribution in [0.25, 0.3) is 44.6 Å². The van der Waals surface area contributed by atoms with Crippen LogP contribution in [0, 0.1) is 6.92 Å². The third kappa shape index (κ3) is 3.49. The molecular weight excluding hydrogens is 438 g/mol. The lowest BCUT2D eigenvalue weighted by molar-refractivity contribution is 0.0829. The molecule has 6 rings (SSSR count). The fourth-order valence-electron chi connectivity index (χ4n) is 5.12. The van der Waals surface area contributed by atoms with Gasteiger partial charge in [-0.1, -0.05) is 6.07 Å². The molecule has 0 saturated heterocycles. The van der Waals surface area contributed by atoms with E-state index in [1.807, 2.05) is 24.5 Å². The first-order valence-electron chi connectivity index (χ1n) is 11.7. The number of hydrogen-bond acceptors (Lipinski definition) is 5. The number of aromatic amines is 2. The minimum Gasteiger partial charge on any atom is -0.345 e. The second-order valence-electron chi connectivity index (χ2n) is 9.56. The summed E-state index contributed by atoms with van der Waals surface area (Å²) in [6.07, 6.45) is 6.46. The van der Waals surface area contributed by atoms with Crippen molar-refractivity contribution in [1.82, 2.24) is 34.7 Å². The Kier molecular flexibility index (Phi) is 4.93. The minimum absolute atomic E-state index is 0.0805. The van der Waals surface area contributed by atoms with Gasteiger partial charge in [0.15, 0.2) is 5.65 Å². The Hall–Kier alpha value is -4.04. The van der Waals surface area contributed by atoms with Gasteiger partial charge in [-0.25, -0.2) is 15.0 Å². The van der Waals surface area contributed by atoms with E-state index in [9.17, 15) is 4.79 Å². The van der Waals surface area contributed by atoms with Crippen LogP contribution in [-0.4, -0.2) is 68.3 Å². The number of imidazole rings is 1. The molecule has 5 aromatic rings. The molecule has 0 fully saturated rings. The molecule has 1 aliphatic heterocycles. The Balaban J connectivity index is 1.48. The summed E-state index contributed by atoms with van der Waals surface area (Å²) in [5, 5.41) is 0. The molecule has 0 spiro atoms. The van der Waals surface area contributed by atoms with Crippen molar-refractivity contribution < 1.29 is 4.79 Å². The van der Waals surface area contributed by atoms with Crippen molar-refractivity contribution in [2.24, 2.45) is 0 Å². The van der Waals surface area contributed by atoms with E-state index < -0.39 is 0 Å². The summed E-state index contributed by atoms with van der Waals surface area (Å²) in [5.74, 6) is -0.0805. The highest BCUT2D eigenvalue weighted by molar-refractivity contribution is 6.10. The molecule has 1 amide bonds. The number of amides is 1. The van der Waals surface area contributed by atoms with Crippen LogP contribution in [0.1, 0.15) is 27.0 Å². The molecule has 0 bridgehead atoms. The summed E-state index contributed by atoms with van der Waals surface area (Å²) in [6, 6.07) is 8.27. The Morgan fingerprint density at radius 1 is 1.09 bits per heavy atom. The monoisotopic (exact) mass is 465 g/mol. The third-order valence-electron chi connectivity index (χ3n) is 6.93. The van der Waals surface area contributed by atoms with E-state index in [1.165, 1.54) is 16.7 Å². The number of hydrogen-bond donors (Lipinski definition) is 2. The van der Waals surface area contributed by atoms with Gasteiger partial charge in [-0.05, 0) is 55.3 Å². The zero-order valence-corrected chi connectivity index (χ0v) is 20.3. The fraction of sp³-hybridized carbons (Fsp3) is 0.259. The smallest absolute Gasteiger partial charge is 0.255 e. The van der Waals surface area contributed by atoms with E-state index in [4.69, 9.17) is 4.98 Å². The highest BCUT2D eigenvalue weighted by Gasteiger charge is 2.21. The van der Waals surface area contributed by atoms with Crippen molar-refractivity contribution >= 4 is 28.1 Å². The number of fused-ring (bicyclic) bond motifs is 3. The molecule has 0 saturated carbocycles. The Labute approximate surface area is 203 Å². The first-order valence-corrected chi connectivity index (χ1v) is 11.7. The summed E-state index contributed by atoms with van der Waals surface area (Å²) in [5.41, 5.74) is 11.4. The van der Waals surface area contributed by atoms with Crippen molar-refractivity contribution in [3.8, 4) is 22.4 Å². The fourth-order valence-corrected chi connectivity index (χ4v) is 5.12. The Morgan fingerprint density at radius 3 is 2.77 bits per heavy atom. The number of nitrogens with zero attached hydrogens (tertiary/aromatic N) is 5. The van der Waals surface area contributed by atoms with Crippen LogP contribution in [0.2, 0.25) is 0 Å². The Bertz CT molecular complexity index is 1610. The summed E-state index contributed by atoms with van der Waals surface area (Å²) in [7, 11) is 5.65. The molecule has 8 nitrogen and oxygen atoms in total. The van der Waals surface area contributed by atoms with Crippen LogP contribution in [0.3, 0.4) is 0 Å². The van der Waals surface area contributed by atoms with Crippen LogP contribution in [0.15, 0.2) is 43.0 Å². The molecule has 3 aromatic heterocycles. The average Bonchev–Trinajstić information content (AvgIpc) is 3.50. The van der Waals surface area contributed by atoms with Crippen LogP contribution < -0.4 is 0 Å². The molecule has 0 atom stereocenters. The molecule has 0 radical (unpaired) electrons. The number of aryl methyl sites for hydroxylation is 1. The van der Waals surface area contributed by atoms with E-state index in [2.05, 4.69) is 50.9 Å². The summed E-state index contributed by atoms with van der Waals surface area (Å²) in [6.45, 7) is 4.23. The number of likely N-dealkylation sites (N-methyl/N-ethyl adjacent to an activating group) is 1. The van der Waals surface area contributed by atoms with Crippen LogP contribution >= 0.6 is 0 Å². The topological polar surface area (TPSA) is 93.8 Å². The maximum atomic E-state index is 12.7. The van der Waals surface area contributed by atoms with Gasteiger partial charge in [-0.15, -0.1) is 0 Å². The van der Waals surface area contributed by atoms with Crippen molar-refractivity contribution in [1.29, 1.82) is 0 Å². The van der Waals surface area contributed by atoms with E-state index in [0.717, 1.165) is 58.6 Å². The number of aromatic nitrogens is 5. The summed E-state index contributed by atoms with van der Waals surface area (Å²) in [4.78, 5) is 37.2. The summed E-state index contributed by atoms with van der Waals surface area (Å²) < 4.78 is 0. The number of nitrogens with one attached hydrogen (secondary N) is 2. The van der Waals surface area contributed by atoms with Crippen LogP contribution in [0.4, 0.5) is 0 Å².